The Morgan fingerprint density at radius 1 is 1.45 bits per heavy atom. The molecule has 0 bridgehead atoms. The second kappa shape index (κ2) is 6.91. The predicted molar refractivity (Wildman–Crippen MR) is 72.0 cm³/mol. The molecular weight excluding hydrogens is 260 g/mol. The third-order valence-corrected chi connectivity index (χ3v) is 3.12. The third-order valence-electron chi connectivity index (χ3n) is 3.12. The SMILES string of the molecule is [N-]=[N+]=NC[C@@H]1CN(Cc2ccccc2)C[C@@H](C(=O)O)O1. The van der Waals surface area contributed by atoms with Gasteiger partial charge in [-0.1, -0.05) is 35.4 Å². The molecule has 1 aromatic rings. The highest BCUT2D eigenvalue weighted by atomic mass is 16.5. The number of azide groups is 1. The van der Waals surface area contributed by atoms with Gasteiger partial charge in [0.1, 0.15) is 0 Å². The van der Waals surface area contributed by atoms with Crippen molar-refractivity contribution in [3.63, 3.8) is 0 Å². The molecule has 1 aliphatic heterocycles. The van der Waals surface area contributed by atoms with E-state index >= 15 is 0 Å². The molecule has 1 aromatic carbocycles. The van der Waals surface area contributed by atoms with E-state index in [0.29, 0.717) is 19.6 Å². The largest absolute Gasteiger partial charge is 0.479 e. The van der Waals surface area contributed by atoms with Crippen molar-refractivity contribution in [3.05, 3.63) is 46.3 Å². The Labute approximate surface area is 116 Å². The summed E-state index contributed by atoms with van der Waals surface area (Å²) in [6.45, 7) is 1.68. The van der Waals surface area contributed by atoms with Crippen LogP contribution in [0.15, 0.2) is 35.4 Å². The van der Waals surface area contributed by atoms with Crippen molar-refractivity contribution in [2.45, 2.75) is 18.8 Å². The van der Waals surface area contributed by atoms with Gasteiger partial charge < -0.3 is 9.84 Å². The van der Waals surface area contributed by atoms with Crippen LogP contribution in [-0.2, 0) is 16.1 Å². The molecule has 7 nitrogen and oxygen atoms in total. The maximum Gasteiger partial charge on any atom is 0.334 e. The highest BCUT2D eigenvalue weighted by molar-refractivity contribution is 5.72. The molecule has 7 heteroatoms. The second-order valence-corrected chi connectivity index (χ2v) is 4.68. The van der Waals surface area contributed by atoms with E-state index in [1.165, 1.54) is 0 Å². The number of carbonyl (C=O) groups is 1. The molecular formula is C13H16N4O3. The number of aliphatic carboxylic acids is 1. The highest BCUT2D eigenvalue weighted by Gasteiger charge is 2.31. The van der Waals surface area contributed by atoms with Crippen LogP contribution in [0.2, 0.25) is 0 Å². The van der Waals surface area contributed by atoms with E-state index in [-0.39, 0.29) is 12.6 Å². The van der Waals surface area contributed by atoms with Gasteiger partial charge in [0.05, 0.1) is 12.6 Å². The van der Waals surface area contributed by atoms with E-state index in [9.17, 15) is 4.79 Å². The standard InChI is InChI=1S/C13H16N4O3/c14-16-15-6-11-8-17(9-12(20-11)13(18)19)7-10-4-2-1-3-5-10/h1-5,11-12H,6-9H2,(H,18,19)/t11-,12+/m1/s1. The monoisotopic (exact) mass is 276 g/mol. The molecule has 0 saturated carbocycles. The smallest absolute Gasteiger partial charge is 0.334 e. The third kappa shape index (κ3) is 3.96. The van der Waals surface area contributed by atoms with Crippen molar-refractivity contribution in [2.24, 2.45) is 5.11 Å². The normalized spacial score (nSPS) is 23.0. The summed E-state index contributed by atoms with van der Waals surface area (Å²) in [6, 6.07) is 9.82. The van der Waals surface area contributed by atoms with E-state index < -0.39 is 12.1 Å². The molecule has 0 radical (unpaired) electrons. The zero-order valence-electron chi connectivity index (χ0n) is 10.9. The molecule has 0 spiro atoms. The number of hydrogen-bond donors (Lipinski definition) is 1. The van der Waals surface area contributed by atoms with Gasteiger partial charge in [-0.05, 0) is 11.1 Å². The van der Waals surface area contributed by atoms with Crippen molar-refractivity contribution in [3.8, 4) is 0 Å². The average Bonchev–Trinajstić information content (AvgIpc) is 2.46. The van der Waals surface area contributed by atoms with Crippen molar-refractivity contribution in [2.75, 3.05) is 19.6 Å². The fraction of sp³-hybridized carbons (Fsp3) is 0.462. The summed E-state index contributed by atoms with van der Waals surface area (Å²) in [4.78, 5) is 15.8. The fourth-order valence-corrected chi connectivity index (χ4v) is 2.25. The van der Waals surface area contributed by atoms with Gasteiger partial charge in [-0.15, -0.1) is 0 Å². The summed E-state index contributed by atoms with van der Waals surface area (Å²) in [6.07, 6.45) is -1.27. The van der Waals surface area contributed by atoms with Crippen molar-refractivity contribution in [1.82, 2.24) is 4.90 Å². The van der Waals surface area contributed by atoms with Crippen molar-refractivity contribution < 1.29 is 14.6 Å². The van der Waals surface area contributed by atoms with Crippen LogP contribution in [0.4, 0.5) is 0 Å². The Bertz CT molecular complexity index is 502. The highest BCUT2D eigenvalue weighted by Crippen LogP contribution is 2.15. The van der Waals surface area contributed by atoms with Crippen molar-refractivity contribution >= 4 is 5.97 Å². The van der Waals surface area contributed by atoms with Crippen LogP contribution in [-0.4, -0.2) is 47.8 Å². The number of carboxylic acids is 1. The van der Waals surface area contributed by atoms with Crippen LogP contribution in [0.25, 0.3) is 10.4 Å². The minimum absolute atomic E-state index is 0.144. The number of carboxylic acid groups (broad SMARTS) is 1. The fourth-order valence-electron chi connectivity index (χ4n) is 2.25. The number of hydrogen-bond acceptors (Lipinski definition) is 4. The predicted octanol–water partition coefficient (Wildman–Crippen LogP) is 1.65. The van der Waals surface area contributed by atoms with Crippen LogP contribution in [0.3, 0.4) is 0 Å². The molecule has 0 amide bonds. The Morgan fingerprint density at radius 3 is 2.85 bits per heavy atom. The van der Waals surface area contributed by atoms with Gasteiger partial charge in [0.2, 0.25) is 0 Å². The molecule has 1 N–H and O–H groups in total. The van der Waals surface area contributed by atoms with Gasteiger partial charge in [0, 0.05) is 24.5 Å². The molecule has 2 rings (SSSR count). The molecule has 1 heterocycles. The molecule has 2 atom stereocenters. The van der Waals surface area contributed by atoms with Gasteiger partial charge >= 0.3 is 5.97 Å². The lowest BCUT2D eigenvalue weighted by Crippen LogP contribution is -2.51. The first-order valence-corrected chi connectivity index (χ1v) is 6.34. The number of benzene rings is 1. The second-order valence-electron chi connectivity index (χ2n) is 4.68. The topological polar surface area (TPSA) is 98.5 Å². The van der Waals surface area contributed by atoms with Crippen LogP contribution in [0.5, 0.6) is 0 Å². The zero-order chi connectivity index (χ0) is 14.4. The summed E-state index contributed by atoms with van der Waals surface area (Å²) < 4.78 is 5.41. The van der Waals surface area contributed by atoms with Crippen LogP contribution in [0.1, 0.15) is 5.56 Å². The van der Waals surface area contributed by atoms with E-state index in [0.717, 1.165) is 5.56 Å². The van der Waals surface area contributed by atoms with Gasteiger partial charge in [0.25, 0.3) is 0 Å². The minimum Gasteiger partial charge on any atom is -0.479 e. The van der Waals surface area contributed by atoms with Gasteiger partial charge in [0.15, 0.2) is 6.10 Å². The number of morpholine rings is 1. The van der Waals surface area contributed by atoms with E-state index in [2.05, 4.69) is 10.0 Å². The summed E-state index contributed by atoms with van der Waals surface area (Å²) in [5.41, 5.74) is 9.46. The summed E-state index contributed by atoms with van der Waals surface area (Å²) in [5.74, 6) is -0.992. The van der Waals surface area contributed by atoms with E-state index in [4.69, 9.17) is 15.4 Å². The lowest BCUT2D eigenvalue weighted by atomic mass is 10.1. The molecule has 0 aromatic heterocycles. The molecule has 106 valence electrons. The number of ether oxygens (including phenoxy) is 1. The first-order chi connectivity index (χ1) is 9.69. The minimum atomic E-state index is -0.992. The van der Waals surface area contributed by atoms with Crippen LogP contribution < -0.4 is 0 Å². The molecule has 0 unspecified atom stereocenters. The van der Waals surface area contributed by atoms with Gasteiger partial charge in [-0.25, -0.2) is 4.79 Å². The van der Waals surface area contributed by atoms with Crippen LogP contribution in [0, 0.1) is 0 Å². The van der Waals surface area contributed by atoms with Crippen molar-refractivity contribution in [1.29, 1.82) is 0 Å². The Morgan fingerprint density at radius 2 is 2.20 bits per heavy atom. The summed E-state index contributed by atoms with van der Waals surface area (Å²) in [5, 5.41) is 12.6. The zero-order valence-corrected chi connectivity index (χ0v) is 10.9. The average molecular weight is 276 g/mol. The number of rotatable bonds is 5. The maximum absolute atomic E-state index is 11.1. The molecule has 20 heavy (non-hydrogen) atoms. The lowest BCUT2D eigenvalue weighted by molar-refractivity contribution is -0.163. The Hall–Kier alpha value is -2.08. The quantitative estimate of drug-likeness (QED) is 0.502. The first-order valence-electron chi connectivity index (χ1n) is 6.34. The van der Waals surface area contributed by atoms with Crippen LogP contribution >= 0.6 is 0 Å². The van der Waals surface area contributed by atoms with Gasteiger partial charge in [-0.3, -0.25) is 4.90 Å². The number of nitrogens with zero attached hydrogens (tertiary/aromatic N) is 4. The van der Waals surface area contributed by atoms with E-state index in [1.807, 2.05) is 35.2 Å². The molecule has 1 aliphatic rings. The summed E-state index contributed by atoms with van der Waals surface area (Å²) in [7, 11) is 0. The maximum atomic E-state index is 11.1. The summed E-state index contributed by atoms with van der Waals surface area (Å²) >= 11 is 0. The lowest BCUT2D eigenvalue weighted by Gasteiger charge is -2.35. The Balaban J connectivity index is 2.03. The molecule has 0 aliphatic carbocycles. The van der Waals surface area contributed by atoms with E-state index in [1.54, 1.807) is 0 Å². The Kier molecular flexibility index (Phi) is 4.95. The first kappa shape index (κ1) is 14.3. The molecule has 1 saturated heterocycles. The molecule has 1 fully saturated rings. The van der Waals surface area contributed by atoms with Gasteiger partial charge in [-0.2, -0.15) is 0 Å².